The lowest BCUT2D eigenvalue weighted by atomic mass is 10.1. The first-order chi connectivity index (χ1) is 12.8. The number of carbonyl (C=O) groups excluding carboxylic acids is 1. The summed E-state index contributed by atoms with van der Waals surface area (Å²) in [5.41, 5.74) is 3.77. The van der Waals surface area contributed by atoms with Crippen LogP contribution in [0.5, 0.6) is 5.75 Å². The highest BCUT2D eigenvalue weighted by Crippen LogP contribution is 2.35. The van der Waals surface area contributed by atoms with Crippen molar-refractivity contribution in [1.82, 2.24) is 4.90 Å². The van der Waals surface area contributed by atoms with Gasteiger partial charge in [0, 0.05) is 29.4 Å². The fourth-order valence-electron chi connectivity index (χ4n) is 3.34. The number of ether oxygens (including phenoxy) is 1. The first-order valence-electron chi connectivity index (χ1n) is 8.60. The summed E-state index contributed by atoms with van der Waals surface area (Å²) in [6, 6.07) is 25.6. The zero-order chi connectivity index (χ0) is 17.9. The summed E-state index contributed by atoms with van der Waals surface area (Å²) in [7, 11) is 1.65. The lowest BCUT2D eigenvalue weighted by Crippen LogP contribution is -2.31. The van der Waals surface area contributed by atoms with Gasteiger partial charge in [0.1, 0.15) is 11.9 Å². The maximum Gasteiger partial charge on any atom is 0.256 e. The highest BCUT2D eigenvalue weighted by Gasteiger charge is 2.36. The smallest absolute Gasteiger partial charge is 0.256 e. The third-order valence-corrected chi connectivity index (χ3v) is 4.63. The van der Waals surface area contributed by atoms with Crippen molar-refractivity contribution in [3.8, 4) is 5.75 Å². The van der Waals surface area contributed by atoms with Crippen molar-refractivity contribution >= 4 is 11.6 Å². The molecule has 1 aliphatic rings. The highest BCUT2D eigenvalue weighted by molar-refractivity contribution is 5.99. The number of anilines is 1. The van der Waals surface area contributed by atoms with Crippen LogP contribution in [-0.2, 0) is 6.54 Å². The van der Waals surface area contributed by atoms with Gasteiger partial charge < -0.3 is 15.0 Å². The van der Waals surface area contributed by atoms with Gasteiger partial charge in [0.15, 0.2) is 0 Å². The number of hydrogen-bond donors (Lipinski definition) is 1. The molecule has 0 aromatic heterocycles. The van der Waals surface area contributed by atoms with Crippen LogP contribution >= 0.6 is 0 Å². The topological polar surface area (TPSA) is 41.6 Å². The molecule has 0 saturated carbocycles. The van der Waals surface area contributed by atoms with Crippen LogP contribution in [0.1, 0.15) is 27.7 Å². The monoisotopic (exact) mass is 344 g/mol. The first-order valence-corrected chi connectivity index (χ1v) is 8.60. The summed E-state index contributed by atoms with van der Waals surface area (Å²) in [4.78, 5) is 14.9. The van der Waals surface area contributed by atoms with Crippen LogP contribution in [0.25, 0.3) is 0 Å². The molecule has 0 fully saturated rings. The van der Waals surface area contributed by atoms with E-state index in [9.17, 15) is 4.79 Å². The van der Waals surface area contributed by atoms with Crippen molar-refractivity contribution in [2.45, 2.75) is 12.7 Å². The Morgan fingerprint density at radius 2 is 1.73 bits per heavy atom. The third-order valence-electron chi connectivity index (χ3n) is 4.63. The largest absolute Gasteiger partial charge is 0.497 e. The van der Waals surface area contributed by atoms with Crippen molar-refractivity contribution in [2.75, 3.05) is 12.4 Å². The minimum Gasteiger partial charge on any atom is -0.497 e. The summed E-state index contributed by atoms with van der Waals surface area (Å²) in [6.45, 7) is 0.552. The van der Waals surface area contributed by atoms with E-state index >= 15 is 0 Å². The van der Waals surface area contributed by atoms with Gasteiger partial charge in [-0.3, -0.25) is 4.79 Å². The first kappa shape index (κ1) is 16.2. The molecule has 26 heavy (non-hydrogen) atoms. The van der Waals surface area contributed by atoms with Gasteiger partial charge in [0.2, 0.25) is 0 Å². The maximum atomic E-state index is 13.0. The second kappa shape index (κ2) is 6.92. The molecule has 1 atom stereocenters. The molecule has 3 aromatic rings. The highest BCUT2D eigenvalue weighted by atomic mass is 16.5. The van der Waals surface area contributed by atoms with Crippen LogP contribution in [0.3, 0.4) is 0 Å². The maximum absolute atomic E-state index is 13.0. The summed E-state index contributed by atoms with van der Waals surface area (Å²) in [5, 5.41) is 3.50. The number of hydrogen-bond acceptors (Lipinski definition) is 3. The summed E-state index contributed by atoms with van der Waals surface area (Å²) < 4.78 is 5.31. The Morgan fingerprint density at radius 3 is 2.54 bits per heavy atom. The van der Waals surface area contributed by atoms with Crippen LogP contribution < -0.4 is 10.1 Å². The van der Waals surface area contributed by atoms with Gasteiger partial charge >= 0.3 is 0 Å². The minimum atomic E-state index is -0.217. The number of amides is 1. The van der Waals surface area contributed by atoms with Gasteiger partial charge in [0.05, 0.1) is 7.11 Å². The molecular weight excluding hydrogens is 324 g/mol. The number of methoxy groups -OCH3 is 1. The van der Waals surface area contributed by atoms with E-state index in [1.165, 1.54) is 0 Å². The minimum absolute atomic E-state index is 0.0462. The van der Waals surface area contributed by atoms with E-state index in [2.05, 4.69) is 5.32 Å². The van der Waals surface area contributed by atoms with Gasteiger partial charge in [-0.2, -0.15) is 0 Å². The molecule has 130 valence electrons. The van der Waals surface area contributed by atoms with Crippen LogP contribution in [-0.4, -0.2) is 17.9 Å². The number of carbonyl (C=O) groups is 1. The van der Waals surface area contributed by atoms with Crippen molar-refractivity contribution in [2.24, 2.45) is 0 Å². The van der Waals surface area contributed by atoms with E-state index in [0.29, 0.717) is 6.54 Å². The normalized spacial score (nSPS) is 15.7. The number of rotatable bonds is 5. The molecule has 0 spiro atoms. The molecule has 1 unspecified atom stereocenters. The molecule has 4 heteroatoms. The Kier molecular flexibility index (Phi) is 4.32. The number of fused-ring (bicyclic) bond motifs is 1. The Bertz CT molecular complexity index is 924. The molecule has 0 bridgehead atoms. The fraction of sp³-hybridized carbons (Fsp3) is 0.136. The lowest BCUT2D eigenvalue weighted by molar-refractivity contribution is 0.0729. The number of nitrogens with zero attached hydrogens (tertiary/aromatic N) is 1. The number of nitrogens with one attached hydrogen (secondary N) is 1. The van der Waals surface area contributed by atoms with E-state index in [1.807, 2.05) is 83.8 Å². The number of benzene rings is 3. The molecule has 1 N–H and O–H groups in total. The van der Waals surface area contributed by atoms with E-state index in [1.54, 1.807) is 7.11 Å². The molecule has 0 saturated heterocycles. The van der Waals surface area contributed by atoms with E-state index < -0.39 is 0 Å². The average Bonchev–Trinajstić information content (AvgIpc) is 2.95. The van der Waals surface area contributed by atoms with Gasteiger partial charge in [-0.15, -0.1) is 0 Å². The predicted molar refractivity (Wildman–Crippen MR) is 102 cm³/mol. The van der Waals surface area contributed by atoms with Crippen LogP contribution in [0.15, 0.2) is 78.9 Å². The standard InChI is InChI=1S/C22H20N2O2/c1-26-18-11-7-10-17(14-18)23-21-19-12-5-6-13-20(19)22(25)24(21)15-16-8-3-2-4-9-16/h2-14,21,23H,15H2,1H3. The summed E-state index contributed by atoms with van der Waals surface area (Å²) in [6.07, 6.45) is -0.217. The lowest BCUT2D eigenvalue weighted by Gasteiger charge is -2.27. The molecule has 4 nitrogen and oxygen atoms in total. The zero-order valence-corrected chi connectivity index (χ0v) is 14.6. The second-order valence-electron chi connectivity index (χ2n) is 6.28. The molecule has 1 amide bonds. The fourth-order valence-corrected chi connectivity index (χ4v) is 3.34. The summed E-state index contributed by atoms with van der Waals surface area (Å²) in [5.74, 6) is 0.826. The van der Waals surface area contributed by atoms with E-state index in [-0.39, 0.29) is 12.1 Å². The predicted octanol–water partition coefficient (Wildman–Crippen LogP) is 4.46. The van der Waals surface area contributed by atoms with Crippen LogP contribution in [0.2, 0.25) is 0 Å². The molecule has 1 aliphatic heterocycles. The molecule has 1 heterocycles. The van der Waals surface area contributed by atoms with Gasteiger partial charge in [-0.05, 0) is 23.8 Å². The van der Waals surface area contributed by atoms with E-state index in [4.69, 9.17) is 4.74 Å². The van der Waals surface area contributed by atoms with Crippen molar-refractivity contribution in [3.05, 3.63) is 95.6 Å². The van der Waals surface area contributed by atoms with Crippen molar-refractivity contribution in [1.29, 1.82) is 0 Å². The average molecular weight is 344 g/mol. The van der Waals surface area contributed by atoms with Crippen LogP contribution in [0, 0.1) is 0 Å². The zero-order valence-electron chi connectivity index (χ0n) is 14.6. The van der Waals surface area contributed by atoms with Gasteiger partial charge in [-0.25, -0.2) is 0 Å². The van der Waals surface area contributed by atoms with Crippen LogP contribution in [0.4, 0.5) is 5.69 Å². The van der Waals surface area contributed by atoms with Gasteiger partial charge in [-0.1, -0.05) is 54.6 Å². The van der Waals surface area contributed by atoms with E-state index in [0.717, 1.165) is 28.1 Å². The Balaban J connectivity index is 1.68. The van der Waals surface area contributed by atoms with Crippen molar-refractivity contribution in [3.63, 3.8) is 0 Å². The third kappa shape index (κ3) is 3.02. The second-order valence-corrected chi connectivity index (χ2v) is 6.28. The summed E-state index contributed by atoms with van der Waals surface area (Å²) >= 11 is 0. The molecule has 0 radical (unpaired) electrons. The molecule has 0 aliphatic carbocycles. The molecule has 4 rings (SSSR count). The Labute approximate surface area is 153 Å². The van der Waals surface area contributed by atoms with Gasteiger partial charge in [0.25, 0.3) is 5.91 Å². The SMILES string of the molecule is COc1cccc(NC2c3ccccc3C(=O)N2Cc2ccccc2)c1. The van der Waals surface area contributed by atoms with Crippen molar-refractivity contribution < 1.29 is 9.53 Å². The Morgan fingerprint density at radius 1 is 0.962 bits per heavy atom. The molecular formula is C22H20N2O2. The molecule has 3 aromatic carbocycles. The Hall–Kier alpha value is -3.27. The quantitative estimate of drug-likeness (QED) is 0.743.